The van der Waals surface area contributed by atoms with Gasteiger partial charge in [0, 0.05) is 29.8 Å². The molecule has 33 heavy (non-hydrogen) atoms. The molecule has 2 heterocycles. The van der Waals surface area contributed by atoms with Crippen LogP contribution in [0.3, 0.4) is 0 Å². The highest BCUT2D eigenvalue weighted by Crippen LogP contribution is 2.43. The third-order valence-electron chi connectivity index (χ3n) is 7.49. The number of hydrogen-bond acceptors (Lipinski definition) is 3. The van der Waals surface area contributed by atoms with Crippen LogP contribution >= 0.6 is 0 Å². The molecular weight excluding hydrogens is 408 g/mol. The molecule has 0 unspecified atom stereocenters. The number of para-hydroxylation sites is 1. The van der Waals surface area contributed by atoms with Gasteiger partial charge in [-0.1, -0.05) is 60.7 Å². The lowest BCUT2D eigenvalue weighted by molar-refractivity contribution is 0.0772. The minimum absolute atomic E-state index is 0.0392. The molecule has 0 N–H and O–H groups in total. The molecule has 6 rings (SSSR count). The quantitative estimate of drug-likeness (QED) is 0.415. The molecule has 0 bridgehead atoms. The van der Waals surface area contributed by atoms with Crippen LogP contribution in [0.15, 0.2) is 72.8 Å². The van der Waals surface area contributed by atoms with Gasteiger partial charge in [-0.25, -0.2) is 0 Å². The lowest BCUT2D eigenvalue weighted by Gasteiger charge is -2.39. The fourth-order valence-corrected chi connectivity index (χ4v) is 5.81. The maximum atomic E-state index is 12.8. The van der Waals surface area contributed by atoms with E-state index in [4.69, 9.17) is 4.74 Å². The van der Waals surface area contributed by atoms with Gasteiger partial charge in [-0.05, 0) is 60.8 Å². The van der Waals surface area contributed by atoms with Crippen molar-refractivity contribution < 1.29 is 9.53 Å². The number of rotatable bonds is 4. The first-order valence-corrected chi connectivity index (χ1v) is 11.7. The Labute approximate surface area is 194 Å². The molecule has 0 atom stereocenters. The van der Waals surface area contributed by atoms with Gasteiger partial charge in [-0.3, -0.25) is 14.3 Å². The Morgan fingerprint density at radius 2 is 1.70 bits per heavy atom. The summed E-state index contributed by atoms with van der Waals surface area (Å²) in [6.45, 7) is 3.18. The highest BCUT2D eigenvalue weighted by molar-refractivity contribution is 6.13. The SMILES string of the molecule is COCC(=O)n1c2ccccc2c2cc(CN3CCC4(C=Cc5ccccc54)CC3)ccc21. The van der Waals surface area contributed by atoms with Crippen LogP contribution in [-0.2, 0) is 16.7 Å². The molecule has 1 saturated heterocycles. The second-order valence-electron chi connectivity index (χ2n) is 9.38. The first-order chi connectivity index (χ1) is 16.2. The van der Waals surface area contributed by atoms with Crippen LogP contribution in [-0.4, -0.2) is 42.2 Å². The zero-order valence-electron chi connectivity index (χ0n) is 19.0. The van der Waals surface area contributed by atoms with Gasteiger partial charge < -0.3 is 4.74 Å². The minimum Gasteiger partial charge on any atom is -0.375 e. The van der Waals surface area contributed by atoms with Crippen molar-refractivity contribution in [1.82, 2.24) is 9.47 Å². The fourth-order valence-electron chi connectivity index (χ4n) is 5.81. The number of ether oxygens (including phenoxy) is 1. The van der Waals surface area contributed by atoms with Crippen LogP contribution in [0.2, 0.25) is 0 Å². The average Bonchev–Trinajstić information content (AvgIpc) is 3.37. The third kappa shape index (κ3) is 3.33. The third-order valence-corrected chi connectivity index (χ3v) is 7.49. The Bertz CT molecular complexity index is 1390. The number of nitrogens with zero attached hydrogens (tertiary/aromatic N) is 2. The zero-order valence-corrected chi connectivity index (χ0v) is 19.0. The summed E-state index contributed by atoms with van der Waals surface area (Å²) in [6, 6.07) is 23.5. The van der Waals surface area contributed by atoms with Gasteiger partial charge in [0.05, 0.1) is 11.0 Å². The van der Waals surface area contributed by atoms with E-state index in [2.05, 4.69) is 65.6 Å². The number of allylic oxidation sites excluding steroid dienone is 1. The van der Waals surface area contributed by atoms with E-state index < -0.39 is 0 Å². The van der Waals surface area contributed by atoms with Crippen molar-refractivity contribution in [2.75, 3.05) is 26.8 Å². The van der Waals surface area contributed by atoms with Crippen LogP contribution in [0.25, 0.3) is 27.9 Å². The first-order valence-electron chi connectivity index (χ1n) is 11.7. The number of hydrogen-bond donors (Lipinski definition) is 0. The van der Waals surface area contributed by atoms with E-state index in [0.29, 0.717) is 0 Å². The Hall–Kier alpha value is -3.21. The van der Waals surface area contributed by atoms with Crippen molar-refractivity contribution >= 4 is 33.8 Å². The fraction of sp³-hybridized carbons (Fsp3) is 0.276. The zero-order chi connectivity index (χ0) is 22.4. The number of carbonyl (C=O) groups excluding carboxylic acids is 1. The van der Waals surface area contributed by atoms with Crippen LogP contribution in [0.5, 0.6) is 0 Å². The maximum Gasteiger partial charge on any atom is 0.257 e. The van der Waals surface area contributed by atoms with Gasteiger partial charge in [-0.2, -0.15) is 0 Å². The molecule has 3 aromatic carbocycles. The molecule has 0 amide bonds. The number of carbonyl (C=O) groups is 1. The van der Waals surface area contributed by atoms with Crippen molar-refractivity contribution in [3.63, 3.8) is 0 Å². The summed E-state index contributed by atoms with van der Waals surface area (Å²) in [7, 11) is 1.56. The second kappa shape index (κ2) is 7.98. The lowest BCUT2D eigenvalue weighted by Crippen LogP contribution is -2.40. The molecule has 4 aromatic rings. The number of methoxy groups -OCH3 is 1. The topological polar surface area (TPSA) is 34.5 Å². The summed E-state index contributed by atoms with van der Waals surface area (Å²) in [5, 5.41) is 2.25. The molecule has 1 spiro atoms. The van der Waals surface area contributed by atoms with E-state index in [1.54, 1.807) is 11.7 Å². The van der Waals surface area contributed by atoms with Gasteiger partial charge in [-0.15, -0.1) is 0 Å². The monoisotopic (exact) mass is 436 g/mol. The molecule has 4 heteroatoms. The van der Waals surface area contributed by atoms with E-state index in [1.807, 2.05) is 18.2 Å². The van der Waals surface area contributed by atoms with Crippen molar-refractivity contribution in [3.8, 4) is 0 Å². The highest BCUT2D eigenvalue weighted by Gasteiger charge is 2.37. The predicted molar refractivity (Wildman–Crippen MR) is 134 cm³/mol. The van der Waals surface area contributed by atoms with Crippen LogP contribution in [0.4, 0.5) is 0 Å². The Morgan fingerprint density at radius 3 is 2.55 bits per heavy atom. The molecule has 166 valence electrons. The number of piperidine rings is 1. The summed E-state index contributed by atoms with van der Waals surface area (Å²) < 4.78 is 6.93. The Balaban J connectivity index is 1.26. The van der Waals surface area contributed by atoms with E-state index in [-0.39, 0.29) is 17.9 Å². The molecule has 1 aromatic heterocycles. The smallest absolute Gasteiger partial charge is 0.257 e. The molecule has 4 nitrogen and oxygen atoms in total. The standard InChI is InChI=1S/C29H28N2O2/c1-33-20-28(32)31-26-9-5-3-7-23(26)24-18-21(10-11-27(24)31)19-30-16-14-29(15-17-30)13-12-22-6-2-4-8-25(22)29/h2-13,18H,14-17,19-20H2,1H3. The van der Waals surface area contributed by atoms with Gasteiger partial charge in [0.25, 0.3) is 5.91 Å². The van der Waals surface area contributed by atoms with E-state index >= 15 is 0 Å². The summed E-state index contributed by atoms with van der Waals surface area (Å²) in [5.41, 5.74) is 6.29. The van der Waals surface area contributed by atoms with Gasteiger partial charge in [0.15, 0.2) is 0 Å². The van der Waals surface area contributed by atoms with E-state index in [1.165, 1.54) is 16.7 Å². The predicted octanol–water partition coefficient (Wildman–Crippen LogP) is 5.64. The van der Waals surface area contributed by atoms with E-state index in [9.17, 15) is 4.79 Å². The van der Waals surface area contributed by atoms with Crippen molar-refractivity contribution in [2.24, 2.45) is 0 Å². The molecule has 1 fully saturated rings. The van der Waals surface area contributed by atoms with Gasteiger partial charge >= 0.3 is 0 Å². The summed E-state index contributed by atoms with van der Waals surface area (Å²) in [4.78, 5) is 15.3. The van der Waals surface area contributed by atoms with Gasteiger partial charge in [0.2, 0.25) is 0 Å². The van der Waals surface area contributed by atoms with Crippen LogP contribution in [0, 0.1) is 0 Å². The van der Waals surface area contributed by atoms with E-state index in [0.717, 1.165) is 54.3 Å². The normalized spacial score (nSPS) is 17.2. The highest BCUT2D eigenvalue weighted by atomic mass is 16.5. The number of aromatic nitrogens is 1. The van der Waals surface area contributed by atoms with Crippen molar-refractivity contribution in [1.29, 1.82) is 0 Å². The summed E-state index contributed by atoms with van der Waals surface area (Å²) >= 11 is 0. The number of benzene rings is 3. The van der Waals surface area contributed by atoms with Crippen LogP contribution in [0.1, 0.15) is 34.3 Å². The molecule has 2 aliphatic rings. The minimum atomic E-state index is -0.0392. The average molecular weight is 437 g/mol. The number of fused-ring (bicyclic) bond motifs is 5. The molecule has 0 radical (unpaired) electrons. The largest absolute Gasteiger partial charge is 0.375 e. The molecule has 1 aliphatic heterocycles. The molecule has 1 aliphatic carbocycles. The number of likely N-dealkylation sites (tertiary alicyclic amines) is 1. The Kier molecular flexibility index (Phi) is 4.93. The summed E-state index contributed by atoms with van der Waals surface area (Å²) in [6.07, 6.45) is 7.06. The summed E-state index contributed by atoms with van der Waals surface area (Å²) in [5.74, 6) is -0.0392. The molecular formula is C29H28N2O2. The Morgan fingerprint density at radius 1 is 0.939 bits per heavy atom. The molecule has 0 saturated carbocycles. The van der Waals surface area contributed by atoms with Gasteiger partial charge in [0.1, 0.15) is 6.61 Å². The van der Waals surface area contributed by atoms with Crippen molar-refractivity contribution in [2.45, 2.75) is 24.8 Å². The first kappa shape index (κ1) is 20.4. The van der Waals surface area contributed by atoms with Crippen molar-refractivity contribution in [3.05, 3.63) is 89.5 Å². The maximum absolute atomic E-state index is 12.8. The second-order valence-corrected chi connectivity index (χ2v) is 9.38. The van der Waals surface area contributed by atoms with Crippen LogP contribution < -0.4 is 0 Å². The lowest BCUT2D eigenvalue weighted by atomic mass is 9.74.